The quantitative estimate of drug-likeness (QED) is 0.0118. The van der Waals surface area contributed by atoms with Crippen LogP contribution in [0.3, 0.4) is 0 Å². The highest BCUT2D eigenvalue weighted by Gasteiger charge is 2.46. The van der Waals surface area contributed by atoms with E-state index < -0.39 is 89.8 Å². The lowest BCUT2D eigenvalue weighted by atomic mass is 9.99. The number of aliphatic hydroxyl groups excluding tert-OH is 3. The lowest BCUT2D eigenvalue weighted by Gasteiger charge is -2.21. The van der Waals surface area contributed by atoms with Crippen LogP contribution in [0.1, 0.15) is 155 Å². The Hall–Kier alpha value is -3.58. The molecular weight excluding hydrogens is 948 g/mol. The molecule has 0 radical (unpaired) electrons. The van der Waals surface area contributed by atoms with E-state index in [2.05, 4.69) is 42.2 Å². The molecule has 0 saturated carbocycles. The van der Waals surface area contributed by atoms with Gasteiger partial charge < -0.3 is 45.1 Å². The molecule has 1 aromatic heterocycles. The lowest BCUT2D eigenvalue weighted by Crippen LogP contribution is -2.36. The summed E-state index contributed by atoms with van der Waals surface area (Å²) in [6, 6.07) is 1.24. The molecule has 1 fully saturated rings. The molecule has 1 saturated heterocycles. The van der Waals surface area contributed by atoms with Crippen LogP contribution in [0, 0.1) is 5.92 Å². The van der Waals surface area contributed by atoms with Crippen LogP contribution < -0.4 is 11.4 Å². The fourth-order valence-corrected chi connectivity index (χ4v) is 9.11. The Bertz CT molecular complexity index is 1940. The molecule has 0 spiro atoms. The molecule has 21 heteroatoms. The Morgan fingerprint density at radius 2 is 1.44 bits per heavy atom. The minimum atomic E-state index is -5.45. The van der Waals surface area contributed by atoms with Gasteiger partial charge in [0.25, 0.3) is 0 Å². The summed E-state index contributed by atoms with van der Waals surface area (Å²) in [7, 11) is -10.9. The van der Waals surface area contributed by atoms with E-state index in [1.807, 2.05) is 36.5 Å². The molecule has 4 unspecified atom stereocenters. The van der Waals surface area contributed by atoms with Crippen molar-refractivity contribution in [3.05, 3.63) is 83.5 Å². The largest absolute Gasteiger partial charge is 0.481 e. The number of ether oxygens (including phenoxy) is 3. The van der Waals surface area contributed by atoms with E-state index in [1.54, 1.807) is 12.2 Å². The van der Waals surface area contributed by atoms with Crippen molar-refractivity contribution in [1.29, 1.82) is 0 Å². The minimum absolute atomic E-state index is 0.0152. The van der Waals surface area contributed by atoms with Crippen LogP contribution in [0.2, 0.25) is 0 Å². The third kappa shape index (κ3) is 29.1. The lowest BCUT2D eigenvalue weighted by molar-refractivity contribution is -0.161. The van der Waals surface area contributed by atoms with E-state index in [1.165, 1.54) is 51.0 Å². The first-order valence-corrected chi connectivity index (χ1v) is 27.8. The second kappa shape index (κ2) is 36.4. The number of phosphoric ester groups is 2. The van der Waals surface area contributed by atoms with Crippen molar-refractivity contribution in [2.75, 3.05) is 25.6 Å². The minimum Gasteiger partial charge on any atom is -0.462 e. The second-order valence-corrected chi connectivity index (χ2v) is 20.4. The fraction of sp³-hybridized carbons (Fsp3) is 0.673. The van der Waals surface area contributed by atoms with Crippen molar-refractivity contribution in [2.45, 2.75) is 186 Å². The smallest absolute Gasteiger partial charge is 0.462 e. The zero-order valence-corrected chi connectivity index (χ0v) is 43.1. The molecule has 0 aliphatic carbocycles. The van der Waals surface area contributed by atoms with Gasteiger partial charge in [-0.2, -0.15) is 9.29 Å². The standard InChI is InChI=1S/C49H81N3O16P2/c1-4-6-7-8-20-25-30-40(53)31-26-21-16-13-14-17-22-27-32-44(54)63-36-41(66-45(55)33-28-23-18-12-10-9-11-15-19-24-29-39(3)5-2)37-64-69(59,60)68-70(61,62)65-38-42-46(56)47(57)48(67-42)52-35-34-43(50)51-49(52)58/h6-7,14,16-17,20-21,25-26,31,34-35,39-42,46-48,53,56-57H,4-5,8-13,15,18-19,22-24,27-30,32-33,36-38H2,1-3H3,(H,59,60)(H,61,62)(H2,50,51,58)/b7-6-,17-14-,21-16-,25-20-,31-26+/t39?,40?,41-,42-,46-,47-,48-/m1/s1. The average Bonchev–Trinajstić information content (AvgIpc) is 3.59. The Kier molecular flexibility index (Phi) is 32.5. The van der Waals surface area contributed by atoms with Crippen LogP contribution in [0.5, 0.6) is 0 Å². The van der Waals surface area contributed by atoms with Gasteiger partial charge in [0.05, 0.1) is 19.3 Å². The third-order valence-corrected chi connectivity index (χ3v) is 13.8. The first kappa shape index (κ1) is 62.5. The highest BCUT2D eigenvalue weighted by atomic mass is 31.3. The third-order valence-electron chi connectivity index (χ3n) is 11.2. The zero-order valence-electron chi connectivity index (χ0n) is 41.3. The highest BCUT2D eigenvalue weighted by Crippen LogP contribution is 2.60. The SMILES string of the molecule is CC/C=C\C/C=C\CC(O)/C=C/C=C\C/C=C\CCCC(=O)OC[C@H](COP(=O)(O)OP(=O)(O)OC[C@H]1O[C@@H](n2ccc(N)nc2=O)[C@H](O)[C@@H]1O)OC(=O)CCCCCCCCCCCCC(C)CC. The van der Waals surface area contributed by atoms with Gasteiger partial charge in [-0.1, -0.05) is 152 Å². The molecule has 1 aromatic rings. The normalized spacial score (nSPS) is 20.7. The molecule has 398 valence electrons. The number of nitrogen functional groups attached to an aromatic ring is 1. The molecule has 7 N–H and O–H groups in total. The van der Waals surface area contributed by atoms with Crippen LogP contribution in [0.25, 0.3) is 0 Å². The van der Waals surface area contributed by atoms with Gasteiger partial charge in [-0.3, -0.25) is 23.2 Å². The maximum Gasteiger partial charge on any atom is 0.481 e. The van der Waals surface area contributed by atoms with Gasteiger partial charge in [-0.25, -0.2) is 13.9 Å². The molecule has 2 heterocycles. The second-order valence-electron chi connectivity index (χ2n) is 17.4. The van der Waals surface area contributed by atoms with Crippen LogP contribution in [0.15, 0.2) is 77.8 Å². The van der Waals surface area contributed by atoms with Gasteiger partial charge in [-0.15, -0.1) is 0 Å². The summed E-state index contributed by atoms with van der Waals surface area (Å²) in [6.45, 7) is 4.20. The number of phosphoric acid groups is 2. The monoisotopic (exact) mass is 1030 g/mol. The predicted octanol–water partition coefficient (Wildman–Crippen LogP) is 8.77. The van der Waals surface area contributed by atoms with Crippen LogP contribution >= 0.6 is 15.6 Å². The summed E-state index contributed by atoms with van der Waals surface area (Å²) in [5, 5.41) is 31.0. The first-order chi connectivity index (χ1) is 33.5. The summed E-state index contributed by atoms with van der Waals surface area (Å²) < 4.78 is 56.6. The van der Waals surface area contributed by atoms with Crippen molar-refractivity contribution in [1.82, 2.24) is 9.55 Å². The zero-order chi connectivity index (χ0) is 51.6. The highest BCUT2D eigenvalue weighted by molar-refractivity contribution is 7.61. The fourth-order valence-electron chi connectivity index (χ4n) is 7.00. The number of carbonyl (C=O) groups excluding carboxylic acids is 2. The molecule has 9 atom stereocenters. The van der Waals surface area contributed by atoms with Gasteiger partial charge >= 0.3 is 33.3 Å². The molecular formula is C49H81N3O16P2. The van der Waals surface area contributed by atoms with E-state index >= 15 is 0 Å². The van der Waals surface area contributed by atoms with Crippen LogP contribution in [-0.4, -0.2) is 96.9 Å². The van der Waals surface area contributed by atoms with Gasteiger partial charge in [-0.05, 0) is 56.9 Å². The van der Waals surface area contributed by atoms with Gasteiger partial charge in [0.2, 0.25) is 0 Å². The van der Waals surface area contributed by atoms with E-state index in [9.17, 15) is 48.6 Å². The first-order valence-electron chi connectivity index (χ1n) is 24.8. The Morgan fingerprint density at radius 1 is 0.814 bits per heavy atom. The molecule has 0 aromatic carbocycles. The van der Waals surface area contributed by atoms with Gasteiger partial charge in [0.1, 0.15) is 30.7 Å². The van der Waals surface area contributed by atoms with Crippen molar-refractivity contribution in [3.63, 3.8) is 0 Å². The number of esters is 2. The number of aromatic nitrogens is 2. The Labute approximate surface area is 414 Å². The number of rotatable bonds is 39. The Morgan fingerprint density at radius 3 is 2.13 bits per heavy atom. The summed E-state index contributed by atoms with van der Waals surface area (Å²) >= 11 is 0. The number of allylic oxidation sites excluding steroid dienone is 8. The predicted molar refractivity (Wildman–Crippen MR) is 267 cm³/mol. The number of aliphatic hydroxyl groups is 3. The van der Waals surface area contributed by atoms with E-state index in [0.717, 1.165) is 55.2 Å². The summed E-state index contributed by atoms with van der Waals surface area (Å²) in [5.74, 6) is -0.624. The summed E-state index contributed by atoms with van der Waals surface area (Å²) in [4.78, 5) is 61.8. The number of nitrogens with two attached hydrogens (primary N) is 1. The van der Waals surface area contributed by atoms with Gasteiger partial charge in [0.15, 0.2) is 12.3 Å². The molecule has 19 nitrogen and oxygen atoms in total. The topological polar surface area (TPSA) is 286 Å². The number of anilines is 1. The molecule has 0 bridgehead atoms. The van der Waals surface area contributed by atoms with Crippen LogP contribution in [0.4, 0.5) is 5.82 Å². The number of hydrogen-bond donors (Lipinski definition) is 6. The van der Waals surface area contributed by atoms with Crippen molar-refractivity contribution in [2.24, 2.45) is 5.92 Å². The van der Waals surface area contributed by atoms with E-state index in [-0.39, 0.29) is 18.7 Å². The number of unbranched alkanes of at least 4 members (excludes halogenated alkanes) is 10. The van der Waals surface area contributed by atoms with E-state index in [4.69, 9.17) is 29.0 Å². The molecule has 0 amide bonds. The van der Waals surface area contributed by atoms with Crippen LogP contribution in [-0.2, 0) is 46.3 Å². The van der Waals surface area contributed by atoms with E-state index in [0.29, 0.717) is 32.1 Å². The number of nitrogens with zero attached hydrogens (tertiary/aromatic N) is 2. The number of carbonyl (C=O) groups is 2. The van der Waals surface area contributed by atoms with Crippen molar-refractivity contribution < 1.29 is 71.4 Å². The van der Waals surface area contributed by atoms with Gasteiger partial charge in [0, 0.05) is 19.0 Å². The summed E-state index contributed by atoms with van der Waals surface area (Å²) in [6.07, 6.45) is 29.2. The molecule has 1 aliphatic rings. The molecule has 1 aliphatic heterocycles. The number of hydrogen-bond acceptors (Lipinski definition) is 16. The van der Waals surface area contributed by atoms with Crippen molar-refractivity contribution >= 4 is 33.4 Å². The molecule has 2 rings (SSSR count). The average molecular weight is 1030 g/mol. The summed E-state index contributed by atoms with van der Waals surface area (Å²) in [5.41, 5.74) is 4.57. The Balaban J connectivity index is 1.85. The van der Waals surface area contributed by atoms with Crippen molar-refractivity contribution in [3.8, 4) is 0 Å². The maximum absolute atomic E-state index is 12.8. The maximum atomic E-state index is 12.8. The molecule has 70 heavy (non-hydrogen) atoms.